The van der Waals surface area contributed by atoms with Gasteiger partial charge in [-0.1, -0.05) is 31.2 Å². The van der Waals surface area contributed by atoms with E-state index in [1.807, 2.05) is 30.3 Å². The smallest absolute Gasteiger partial charge is 0.307 e. The molecule has 2 atom stereocenters. The third-order valence-corrected chi connectivity index (χ3v) is 3.85. The van der Waals surface area contributed by atoms with E-state index in [9.17, 15) is 9.59 Å². The summed E-state index contributed by atoms with van der Waals surface area (Å²) in [5.41, 5.74) is 1.92. The fourth-order valence-corrected chi connectivity index (χ4v) is 2.45. The van der Waals surface area contributed by atoms with E-state index in [0.29, 0.717) is 12.1 Å². The Morgan fingerprint density at radius 2 is 2.05 bits per heavy atom. The molecule has 0 bridgehead atoms. The lowest BCUT2D eigenvalue weighted by atomic mass is 10.1. The lowest BCUT2D eigenvalue weighted by Crippen LogP contribution is -2.30. The van der Waals surface area contributed by atoms with Gasteiger partial charge in [-0.2, -0.15) is 0 Å². The molecular weight excluding hydrogens is 278 g/mol. The Balaban J connectivity index is 1.80. The van der Waals surface area contributed by atoms with E-state index in [-0.39, 0.29) is 17.8 Å². The Bertz CT molecular complexity index is 548. The first kappa shape index (κ1) is 16.3. The van der Waals surface area contributed by atoms with Crippen molar-refractivity contribution in [2.75, 3.05) is 5.32 Å². The predicted octanol–water partition coefficient (Wildman–Crippen LogP) is 3.48. The van der Waals surface area contributed by atoms with Crippen molar-refractivity contribution in [3.05, 3.63) is 42.0 Å². The fraction of sp³-hybridized carbons (Fsp3) is 0.444. The molecule has 0 aromatic heterocycles. The maximum atomic E-state index is 12.0. The Morgan fingerprint density at radius 3 is 2.64 bits per heavy atom. The number of carbonyl (C=O) groups excluding carboxylic acids is 2. The zero-order chi connectivity index (χ0) is 15.9. The molecular formula is C18H23NO3. The van der Waals surface area contributed by atoms with Gasteiger partial charge in [0.05, 0.1) is 6.42 Å². The number of carbonyl (C=O) groups is 2. The van der Waals surface area contributed by atoms with Crippen molar-refractivity contribution in [1.82, 2.24) is 0 Å². The molecule has 118 valence electrons. The number of aryl methyl sites for hydroxylation is 1. The van der Waals surface area contributed by atoms with Crippen LogP contribution in [0, 0.1) is 5.92 Å². The first-order chi connectivity index (χ1) is 10.6. The van der Waals surface area contributed by atoms with Crippen molar-refractivity contribution < 1.29 is 14.3 Å². The molecule has 1 aromatic carbocycles. The van der Waals surface area contributed by atoms with Crippen molar-refractivity contribution >= 4 is 17.6 Å². The van der Waals surface area contributed by atoms with Crippen LogP contribution >= 0.6 is 0 Å². The molecule has 22 heavy (non-hydrogen) atoms. The van der Waals surface area contributed by atoms with Gasteiger partial charge in [0.15, 0.2) is 6.10 Å². The van der Waals surface area contributed by atoms with Crippen LogP contribution in [0.4, 0.5) is 5.69 Å². The van der Waals surface area contributed by atoms with Gasteiger partial charge in [0, 0.05) is 5.69 Å². The number of hydrogen-bond acceptors (Lipinski definition) is 3. The van der Waals surface area contributed by atoms with Gasteiger partial charge < -0.3 is 10.1 Å². The second-order valence-corrected chi connectivity index (χ2v) is 5.64. The molecule has 1 N–H and O–H groups in total. The van der Waals surface area contributed by atoms with Crippen molar-refractivity contribution in [1.29, 1.82) is 0 Å². The van der Waals surface area contributed by atoms with Crippen LogP contribution in [-0.2, 0) is 20.7 Å². The highest BCUT2D eigenvalue weighted by atomic mass is 16.5. The van der Waals surface area contributed by atoms with E-state index in [0.717, 1.165) is 19.3 Å². The van der Waals surface area contributed by atoms with Gasteiger partial charge in [-0.05, 0) is 49.8 Å². The molecule has 1 aromatic rings. The van der Waals surface area contributed by atoms with E-state index in [4.69, 9.17) is 4.74 Å². The monoisotopic (exact) mass is 301 g/mol. The predicted molar refractivity (Wildman–Crippen MR) is 86.5 cm³/mol. The zero-order valence-electron chi connectivity index (χ0n) is 13.2. The average Bonchev–Trinajstić information content (AvgIpc) is 3.00. The molecule has 0 aliphatic heterocycles. The number of hydrogen-bond donors (Lipinski definition) is 1. The van der Waals surface area contributed by atoms with E-state index in [2.05, 4.69) is 18.3 Å². The van der Waals surface area contributed by atoms with Crippen molar-refractivity contribution in [2.24, 2.45) is 5.92 Å². The first-order valence-electron chi connectivity index (χ1n) is 7.84. The van der Waals surface area contributed by atoms with Gasteiger partial charge in [-0.15, -0.1) is 0 Å². The molecule has 1 aliphatic rings. The second kappa shape index (κ2) is 7.78. The number of rotatable bonds is 6. The second-order valence-electron chi connectivity index (χ2n) is 5.64. The molecule has 0 heterocycles. The summed E-state index contributed by atoms with van der Waals surface area (Å²) >= 11 is 0. The molecule has 0 saturated heterocycles. The van der Waals surface area contributed by atoms with E-state index in [1.54, 1.807) is 6.92 Å². The average molecular weight is 301 g/mol. The van der Waals surface area contributed by atoms with E-state index >= 15 is 0 Å². The maximum absolute atomic E-state index is 12.0. The van der Waals surface area contributed by atoms with Crippen LogP contribution in [0.15, 0.2) is 36.4 Å². The summed E-state index contributed by atoms with van der Waals surface area (Å²) in [6.45, 7) is 3.67. The van der Waals surface area contributed by atoms with Crippen LogP contribution in [-0.4, -0.2) is 18.0 Å². The van der Waals surface area contributed by atoms with Crippen molar-refractivity contribution in [2.45, 2.75) is 45.6 Å². The van der Waals surface area contributed by atoms with Crippen LogP contribution in [0.3, 0.4) is 0 Å². The Labute approximate surface area is 131 Å². The summed E-state index contributed by atoms with van der Waals surface area (Å²) in [6.07, 6.45) is 6.64. The highest BCUT2D eigenvalue weighted by molar-refractivity contribution is 5.95. The Hall–Kier alpha value is -2.10. The third kappa shape index (κ3) is 4.72. The largest absolute Gasteiger partial charge is 0.453 e. The first-order valence-corrected chi connectivity index (χ1v) is 7.84. The zero-order valence-corrected chi connectivity index (χ0v) is 13.2. The van der Waals surface area contributed by atoms with Gasteiger partial charge in [-0.25, -0.2) is 0 Å². The fourth-order valence-electron chi connectivity index (χ4n) is 2.45. The summed E-state index contributed by atoms with van der Waals surface area (Å²) < 4.78 is 5.21. The summed E-state index contributed by atoms with van der Waals surface area (Å²) in [5, 5.41) is 2.76. The molecule has 0 spiro atoms. The molecule has 2 rings (SSSR count). The number of esters is 1. The molecule has 1 amide bonds. The van der Waals surface area contributed by atoms with Crippen LogP contribution in [0.2, 0.25) is 0 Å². The van der Waals surface area contributed by atoms with Gasteiger partial charge in [0.25, 0.3) is 5.91 Å². The minimum absolute atomic E-state index is 0.254. The molecule has 4 heteroatoms. The van der Waals surface area contributed by atoms with E-state index in [1.165, 1.54) is 5.56 Å². The van der Waals surface area contributed by atoms with Gasteiger partial charge in [-0.3, -0.25) is 9.59 Å². The molecule has 1 aliphatic carbocycles. The minimum Gasteiger partial charge on any atom is -0.453 e. The number of amides is 1. The number of anilines is 1. The van der Waals surface area contributed by atoms with Crippen LogP contribution in [0.25, 0.3) is 0 Å². The Morgan fingerprint density at radius 1 is 1.32 bits per heavy atom. The normalized spacial score (nSPS) is 18.0. The lowest BCUT2D eigenvalue weighted by molar-refractivity contribution is -0.153. The quantitative estimate of drug-likeness (QED) is 0.646. The lowest BCUT2D eigenvalue weighted by Gasteiger charge is -2.15. The number of benzene rings is 1. The number of nitrogens with one attached hydrogen (secondary N) is 1. The summed E-state index contributed by atoms with van der Waals surface area (Å²) in [5.74, 6) is -0.371. The molecule has 0 saturated carbocycles. The summed E-state index contributed by atoms with van der Waals surface area (Å²) in [7, 11) is 0. The minimum atomic E-state index is -0.788. The van der Waals surface area contributed by atoms with Gasteiger partial charge in [0.2, 0.25) is 0 Å². The molecule has 0 radical (unpaired) electrons. The summed E-state index contributed by atoms with van der Waals surface area (Å²) in [4.78, 5) is 23.9. The van der Waals surface area contributed by atoms with Crippen LogP contribution < -0.4 is 5.32 Å². The van der Waals surface area contributed by atoms with Crippen molar-refractivity contribution in [3.63, 3.8) is 0 Å². The highest BCUT2D eigenvalue weighted by Gasteiger charge is 2.21. The maximum Gasteiger partial charge on any atom is 0.307 e. The molecule has 0 fully saturated rings. The molecule has 0 unspecified atom stereocenters. The highest BCUT2D eigenvalue weighted by Crippen LogP contribution is 2.21. The van der Waals surface area contributed by atoms with Gasteiger partial charge >= 0.3 is 5.97 Å². The van der Waals surface area contributed by atoms with Crippen LogP contribution in [0.1, 0.15) is 38.7 Å². The third-order valence-electron chi connectivity index (χ3n) is 3.85. The van der Waals surface area contributed by atoms with E-state index < -0.39 is 6.10 Å². The standard InChI is InChI=1S/C18H23NO3/c1-3-14-8-10-16(11-9-14)19-18(21)13(2)22-17(20)12-15-6-4-5-7-15/h4,6,8-11,13,15H,3,5,7,12H2,1-2H3,(H,19,21)/t13-,15+/m1/s1. The SMILES string of the molecule is CCc1ccc(NC(=O)[C@@H](C)OC(=O)C[C@H]2C=CCC2)cc1. The van der Waals surface area contributed by atoms with Crippen molar-refractivity contribution in [3.8, 4) is 0 Å². The Kier molecular flexibility index (Phi) is 5.75. The van der Waals surface area contributed by atoms with Crippen LogP contribution in [0.5, 0.6) is 0 Å². The van der Waals surface area contributed by atoms with Gasteiger partial charge in [0.1, 0.15) is 0 Å². The number of allylic oxidation sites excluding steroid dienone is 2. The number of ether oxygens (including phenoxy) is 1. The summed E-state index contributed by atoms with van der Waals surface area (Å²) in [6, 6.07) is 7.65. The molecule has 4 nitrogen and oxygen atoms in total. The topological polar surface area (TPSA) is 55.4 Å².